The van der Waals surface area contributed by atoms with E-state index in [0.29, 0.717) is 30.3 Å². The fourth-order valence-electron chi connectivity index (χ4n) is 3.16. The predicted octanol–water partition coefficient (Wildman–Crippen LogP) is 3.03. The van der Waals surface area contributed by atoms with E-state index in [2.05, 4.69) is 15.6 Å². The van der Waals surface area contributed by atoms with Crippen LogP contribution >= 0.6 is 0 Å². The molecule has 2 N–H and O–H groups in total. The molecular weight excluding hydrogens is 398 g/mol. The molecule has 0 aliphatic heterocycles. The van der Waals surface area contributed by atoms with Gasteiger partial charge in [0.2, 0.25) is 5.75 Å². The maximum absolute atomic E-state index is 5.56. The van der Waals surface area contributed by atoms with E-state index in [9.17, 15) is 0 Å². The standard InChI is InChI=1S/C23H33N3O5/c1-7-24-23(26-15-17-8-10-18(27-2)14-20(17)29-4)25-13-12-16-9-11-19(28-3)22(31-6)21(16)30-5/h8-11,14H,7,12-13,15H2,1-6H3,(H2,24,25,26). The van der Waals surface area contributed by atoms with Gasteiger partial charge in [-0.3, -0.25) is 0 Å². The van der Waals surface area contributed by atoms with Gasteiger partial charge in [-0.05, 0) is 31.5 Å². The second-order valence-corrected chi connectivity index (χ2v) is 6.54. The molecule has 0 atom stereocenters. The smallest absolute Gasteiger partial charge is 0.203 e. The third kappa shape index (κ3) is 6.34. The quantitative estimate of drug-likeness (QED) is 0.418. The van der Waals surface area contributed by atoms with Gasteiger partial charge in [0.1, 0.15) is 11.5 Å². The van der Waals surface area contributed by atoms with Crippen molar-refractivity contribution in [3.05, 3.63) is 41.5 Å². The predicted molar refractivity (Wildman–Crippen MR) is 122 cm³/mol. The molecule has 0 radical (unpaired) electrons. The summed E-state index contributed by atoms with van der Waals surface area (Å²) in [6.07, 6.45) is 0.722. The molecule has 8 nitrogen and oxygen atoms in total. The molecule has 0 bridgehead atoms. The van der Waals surface area contributed by atoms with Gasteiger partial charge in [-0.2, -0.15) is 0 Å². The van der Waals surface area contributed by atoms with E-state index in [1.165, 1.54) is 0 Å². The number of aliphatic imine (C=N–C) groups is 1. The average Bonchev–Trinajstić information content (AvgIpc) is 2.81. The van der Waals surface area contributed by atoms with Gasteiger partial charge in [-0.1, -0.05) is 6.07 Å². The number of rotatable bonds is 11. The zero-order valence-electron chi connectivity index (χ0n) is 19.2. The summed E-state index contributed by atoms with van der Waals surface area (Å²) >= 11 is 0. The van der Waals surface area contributed by atoms with Crippen molar-refractivity contribution < 1.29 is 23.7 Å². The number of hydrogen-bond acceptors (Lipinski definition) is 6. The molecule has 31 heavy (non-hydrogen) atoms. The van der Waals surface area contributed by atoms with Crippen molar-refractivity contribution in [2.24, 2.45) is 4.99 Å². The van der Waals surface area contributed by atoms with Crippen molar-refractivity contribution in [3.63, 3.8) is 0 Å². The largest absolute Gasteiger partial charge is 0.497 e. The highest BCUT2D eigenvalue weighted by atomic mass is 16.5. The summed E-state index contributed by atoms with van der Waals surface area (Å²) in [5, 5.41) is 6.63. The molecule has 0 aliphatic carbocycles. The molecule has 0 saturated carbocycles. The lowest BCUT2D eigenvalue weighted by Crippen LogP contribution is -2.38. The van der Waals surface area contributed by atoms with Crippen LogP contribution in [0.25, 0.3) is 0 Å². The first kappa shape index (κ1) is 24.0. The Kier molecular flexibility index (Phi) is 9.61. The van der Waals surface area contributed by atoms with Gasteiger partial charge < -0.3 is 34.3 Å². The Balaban J connectivity index is 2.08. The normalized spacial score (nSPS) is 11.0. The molecule has 2 aromatic carbocycles. The Morgan fingerprint density at radius 1 is 0.774 bits per heavy atom. The summed E-state index contributed by atoms with van der Waals surface area (Å²) in [5.74, 6) is 4.12. The minimum absolute atomic E-state index is 0.474. The molecule has 0 aromatic heterocycles. The summed E-state index contributed by atoms with van der Waals surface area (Å²) in [6.45, 7) is 3.92. The topological polar surface area (TPSA) is 82.6 Å². The van der Waals surface area contributed by atoms with Gasteiger partial charge in [0.05, 0.1) is 42.1 Å². The van der Waals surface area contributed by atoms with Gasteiger partial charge in [0.25, 0.3) is 0 Å². The number of guanidine groups is 1. The number of ether oxygens (including phenoxy) is 5. The molecule has 0 spiro atoms. The van der Waals surface area contributed by atoms with Crippen LogP contribution in [0.3, 0.4) is 0 Å². The van der Waals surface area contributed by atoms with Crippen LogP contribution in [0, 0.1) is 0 Å². The third-order valence-electron chi connectivity index (χ3n) is 4.72. The lowest BCUT2D eigenvalue weighted by molar-refractivity contribution is 0.322. The first-order valence-electron chi connectivity index (χ1n) is 10.1. The third-order valence-corrected chi connectivity index (χ3v) is 4.72. The SMILES string of the molecule is CCNC(=NCc1ccc(OC)cc1OC)NCCc1ccc(OC)c(OC)c1OC. The highest BCUT2D eigenvalue weighted by molar-refractivity contribution is 5.79. The van der Waals surface area contributed by atoms with E-state index in [1.54, 1.807) is 35.5 Å². The van der Waals surface area contributed by atoms with Crippen molar-refractivity contribution in [1.29, 1.82) is 0 Å². The number of nitrogens with one attached hydrogen (secondary N) is 2. The fraction of sp³-hybridized carbons (Fsp3) is 0.435. The minimum Gasteiger partial charge on any atom is -0.497 e. The van der Waals surface area contributed by atoms with E-state index in [1.807, 2.05) is 37.3 Å². The van der Waals surface area contributed by atoms with Crippen molar-refractivity contribution >= 4 is 5.96 Å². The molecular formula is C23H33N3O5. The van der Waals surface area contributed by atoms with Crippen molar-refractivity contribution in [3.8, 4) is 28.7 Å². The van der Waals surface area contributed by atoms with E-state index in [4.69, 9.17) is 23.7 Å². The second-order valence-electron chi connectivity index (χ2n) is 6.54. The molecule has 0 fully saturated rings. The summed E-state index contributed by atoms with van der Waals surface area (Å²) in [7, 11) is 8.11. The monoisotopic (exact) mass is 431 g/mol. The van der Waals surface area contributed by atoms with Gasteiger partial charge in [-0.25, -0.2) is 4.99 Å². The summed E-state index contributed by atoms with van der Waals surface area (Å²) in [4.78, 5) is 4.68. The van der Waals surface area contributed by atoms with E-state index in [0.717, 1.165) is 41.6 Å². The van der Waals surface area contributed by atoms with Crippen LogP contribution < -0.4 is 34.3 Å². The summed E-state index contributed by atoms with van der Waals surface area (Å²) in [5.41, 5.74) is 1.99. The first-order valence-corrected chi connectivity index (χ1v) is 10.1. The zero-order valence-corrected chi connectivity index (χ0v) is 19.2. The van der Waals surface area contributed by atoms with Crippen LogP contribution in [0.15, 0.2) is 35.3 Å². The molecule has 0 amide bonds. The van der Waals surface area contributed by atoms with Crippen LogP contribution in [-0.4, -0.2) is 54.6 Å². The van der Waals surface area contributed by atoms with Gasteiger partial charge in [0, 0.05) is 30.3 Å². The van der Waals surface area contributed by atoms with Crippen LogP contribution in [0.1, 0.15) is 18.1 Å². The van der Waals surface area contributed by atoms with Gasteiger partial charge >= 0.3 is 0 Å². The summed E-state index contributed by atoms with van der Waals surface area (Å²) < 4.78 is 27.1. The van der Waals surface area contributed by atoms with Gasteiger partial charge in [-0.15, -0.1) is 0 Å². The van der Waals surface area contributed by atoms with Crippen molar-refractivity contribution in [1.82, 2.24) is 10.6 Å². The Bertz CT molecular complexity index is 871. The number of nitrogens with zero attached hydrogens (tertiary/aromatic N) is 1. The van der Waals surface area contributed by atoms with Crippen LogP contribution in [-0.2, 0) is 13.0 Å². The second kappa shape index (κ2) is 12.4. The molecule has 0 heterocycles. The zero-order chi connectivity index (χ0) is 22.6. The first-order chi connectivity index (χ1) is 15.1. The Morgan fingerprint density at radius 3 is 2.10 bits per heavy atom. The molecule has 170 valence electrons. The Morgan fingerprint density at radius 2 is 1.48 bits per heavy atom. The Labute approximate surface area is 184 Å². The van der Waals surface area contributed by atoms with E-state index >= 15 is 0 Å². The molecule has 2 rings (SSSR count). The van der Waals surface area contributed by atoms with Crippen molar-refractivity contribution in [2.75, 3.05) is 48.6 Å². The average molecular weight is 432 g/mol. The number of methoxy groups -OCH3 is 5. The molecule has 0 unspecified atom stereocenters. The Hall–Kier alpha value is -3.29. The lowest BCUT2D eigenvalue weighted by Gasteiger charge is -2.17. The summed E-state index contributed by atoms with van der Waals surface area (Å²) in [6, 6.07) is 9.57. The molecule has 0 saturated heterocycles. The molecule has 0 aliphatic rings. The number of hydrogen-bond donors (Lipinski definition) is 2. The van der Waals surface area contributed by atoms with Gasteiger partial charge in [0.15, 0.2) is 17.5 Å². The maximum atomic E-state index is 5.56. The highest BCUT2D eigenvalue weighted by Gasteiger charge is 2.15. The fourth-order valence-corrected chi connectivity index (χ4v) is 3.16. The minimum atomic E-state index is 0.474. The van der Waals surface area contributed by atoms with Crippen LogP contribution in [0.5, 0.6) is 28.7 Å². The lowest BCUT2D eigenvalue weighted by atomic mass is 10.1. The van der Waals surface area contributed by atoms with Crippen molar-refractivity contribution in [2.45, 2.75) is 19.9 Å². The molecule has 8 heteroatoms. The molecule has 2 aromatic rings. The van der Waals surface area contributed by atoms with Crippen LogP contribution in [0.4, 0.5) is 0 Å². The van der Waals surface area contributed by atoms with Crippen LogP contribution in [0.2, 0.25) is 0 Å². The highest BCUT2D eigenvalue weighted by Crippen LogP contribution is 2.39. The maximum Gasteiger partial charge on any atom is 0.203 e. The van der Waals surface area contributed by atoms with E-state index in [-0.39, 0.29) is 0 Å². The van der Waals surface area contributed by atoms with E-state index < -0.39 is 0 Å². The number of benzene rings is 2.